The summed E-state index contributed by atoms with van der Waals surface area (Å²) in [5.41, 5.74) is 0. The molecule has 0 saturated heterocycles. The van der Waals surface area contributed by atoms with E-state index in [1.807, 2.05) is 20.8 Å². The number of hydrogen-bond donors (Lipinski definition) is 0. The van der Waals surface area contributed by atoms with Gasteiger partial charge in [0, 0.05) is 0 Å². The Morgan fingerprint density at radius 2 is 0.632 bits per heavy atom. The smallest absolute Gasteiger partial charge is 0.811 e. The van der Waals surface area contributed by atoms with Crippen LogP contribution in [-0.4, -0.2) is 18.5 Å². The van der Waals surface area contributed by atoms with E-state index in [4.69, 9.17) is 0 Å². The van der Waals surface area contributed by atoms with E-state index in [9.17, 15) is 43.1 Å². The summed E-state index contributed by atoms with van der Waals surface area (Å²) in [6, 6.07) is 0. The first kappa shape index (κ1) is 49.2. The molecule has 0 heterocycles. The minimum atomic E-state index is -4.28. The second kappa shape index (κ2) is 28.6. The first-order chi connectivity index (χ1) is 16.5. The molecule has 0 aliphatic carbocycles. The van der Waals surface area contributed by atoms with Crippen LogP contribution in [0, 0.1) is 17.8 Å². The van der Waals surface area contributed by atoms with Crippen LogP contribution in [0.15, 0.2) is 0 Å². The van der Waals surface area contributed by atoms with Gasteiger partial charge >= 0.3 is 34.1 Å². The number of rotatable bonds is 18. The Bertz CT molecular complexity index is 554. The van der Waals surface area contributed by atoms with E-state index in [2.05, 4.69) is 20.8 Å². The summed E-state index contributed by atoms with van der Waals surface area (Å²) < 4.78 is 31.3. The van der Waals surface area contributed by atoms with Crippen molar-refractivity contribution in [3.63, 3.8) is 0 Å². The summed E-state index contributed by atoms with van der Waals surface area (Å²) in [5, 5.41) is 0. The predicted octanol–water partition coefficient (Wildman–Crippen LogP) is 3.34. The molecule has 2 radical (unpaired) electrons. The molecule has 0 aliphatic rings. The molecule has 0 fully saturated rings. The van der Waals surface area contributed by atoms with Crippen LogP contribution in [0.1, 0.15) is 119 Å². The molecule has 0 amide bonds. The van der Waals surface area contributed by atoms with E-state index in [1.165, 1.54) is 0 Å². The van der Waals surface area contributed by atoms with Crippen LogP contribution in [0.4, 0.5) is 0 Å². The summed E-state index contributed by atoms with van der Waals surface area (Å²) in [6.45, 7) is 11.9. The second-order valence-electron chi connectivity index (χ2n) is 9.63. The van der Waals surface area contributed by atoms with E-state index in [0.29, 0.717) is 0 Å². The Labute approximate surface area is 253 Å². The van der Waals surface area contributed by atoms with Gasteiger partial charge in [0.1, 0.15) is 0 Å². The molecule has 38 heavy (non-hydrogen) atoms. The first-order valence-corrected chi connectivity index (χ1v) is 18.7. The van der Waals surface area contributed by atoms with Gasteiger partial charge in [-0.3, -0.25) is 0 Å². The molecule has 0 bridgehead atoms. The van der Waals surface area contributed by atoms with E-state index < -0.39 is 22.8 Å². The molecule has 3 unspecified atom stereocenters. The SMILES string of the molecule is CCCCC(CC)CP(=O)([O-])[O-].CCCCC(CC)CP(=O)([O-])[O-].CCCCC(CC)CP(=O)([O-])[O-].[Fe+3].[Fe+3]. The predicted molar refractivity (Wildman–Crippen MR) is 137 cm³/mol. The van der Waals surface area contributed by atoms with Crippen molar-refractivity contribution in [2.24, 2.45) is 17.8 Å². The van der Waals surface area contributed by atoms with Crippen LogP contribution in [0.25, 0.3) is 0 Å². The molecule has 0 aromatic heterocycles. The van der Waals surface area contributed by atoms with Crippen LogP contribution in [0.2, 0.25) is 0 Å². The average molecular weight is 688 g/mol. The summed E-state index contributed by atoms with van der Waals surface area (Å²) in [5.74, 6) is 0.224. The van der Waals surface area contributed by atoms with Gasteiger partial charge in [-0.25, -0.2) is 0 Å². The minimum Gasteiger partial charge on any atom is -0.811 e. The van der Waals surface area contributed by atoms with E-state index in [0.717, 1.165) is 77.0 Å². The number of unbranched alkanes of at least 4 members (excludes halogenated alkanes) is 3. The van der Waals surface area contributed by atoms with Crippen molar-refractivity contribution >= 4 is 22.8 Å². The van der Waals surface area contributed by atoms with Crippen LogP contribution >= 0.6 is 22.8 Å². The Kier molecular flexibility index (Phi) is 37.0. The van der Waals surface area contributed by atoms with Crippen LogP contribution in [-0.2, 0) is 47.8 Å². The third kappa shape index (κ3) is 42.0. The third-order valence-corrected chi connectivity index (χ3v) is 8.97. The first-order valence-electron chi connectivity index (χ1n) is 13.5. The van der Waals surface area contributed by atoms with Crippen molar-refractivity contribution in [2.75, 3.05) is 18.5 Å². The van der Waals surface area contributed by atoms with Crippen molar-refractivity contribution in [3.05, 3.63) is 0 Å². The van der Waals surface area contributed by atoms with Gasteiger partial charge in [-0.05, 0) is 36.2 Å². The molecule has 0 spiro atoms. The van der Waals surface area contributed by atoms with E-state index >= 15 is 0 Å². The fourth-order valence-electron chi connectivity index (χ4n) is 3.70. The van der Waals surface area contributed by atoms with Crippen molar-refractivity contribution in [1.82, 2.24) is 0 Å². The van der Waals surface area contributed by atoms with Crippen LogP contribution in [0.3, 0.4) is 0 Å². The third-order valence-electron chi connectivity index (χ3n) is 6.08. The number of hydrogen-bond acceptors (Lipinski definition) is 9. The second-order valence-corrected chi connectivity index (χ2v) is 14.4. The summed E-state index contributed by atoms with van der Waals surface area (Å²) >= 11 is 0. The zero-order valence-corrected chi connectivity index (χ0v) is 29.0. The van der Waals surface area contributed by atoms with Gasteiger partial charge in [-0.1, -0.05) is 141 Å². The van der Waals surface area contributed by atoms with Gasteiger partial charge in [0.2, 0.25) is 0 Å². The Balaban J connectivity index is -0.000000140. The molecular weight excluding hydrogens is 637 g/mol. The minimum absolute atomic E-state index is 0. The fourth-order valence-corrected chi connectivity index (χ4v) is 6.92. The molecule has 0 aromatic carbocycles. The molecule has 0 aromatic rings. The quantitative estimate of drug-likeness (QED) is 0.154. The van der Waals surface area contributed by atoms with Crippen LogP contribution in [0.5, 0.6) is 0 Å². The topological polar surface area (TPSA) is 190 Å². The molecule has 0 aliphatic heterocycles. The van der Waals surface area contributed by atoms with Gasteiger partial charge in [-0.2, -0.15) is 0 Å². The summed E-state index contributed by atoms with van der Waals surface area (Å²) in [4.78, 5) is 62.6. The normalized spacial score (nSPS) is 13.9. The Morgan fingerprint density at radius 3 is 0.737 bits per heavy atom. The molecule has 0 rings (SSSR count). The maximum atomic E-state index is 10.4. The fraction of sp³-hybridized carbons (Fsp3) is 1.00. The van der Waals surface area contributed by atoms with Gasteiger partial charge in [0.05, 0.1) is 0 Å². The monoisotopic (exact) mass is 688 g/mol. The maximum absolute atomic E-state index is 10.4. The zero-order valence-electron chi connectivity index (χ0n) is 24.1. The van der Waals surface area contributed by atoms with Crippen molar-refractivity contribution in [3.8, 4) is 0 Å². The van der Waals surface area contributed by atoms with E-state index in [-0.39, 0.29) is 70.4 Å². The van der Waals surface area contributed by atoms with Crippen molar-refractivity contribution in [2.45, 2.75) is 119 Å². The van der Waals surface area contributed by atoms with Crippen molar-refractivity contribution < 1.29 is 77.2 Å². The van der Waals surface area contributed by atoms with Crippen molar-refractivity contribution in [1.29, 1.82) is 0 Å². The largest absolute Gasteiger partial charge is 3.00 e. The maximum Gasteiger partial charge on any atom is 3.00 e. The average Bonchev–Trinajstić information content (AvgIpc) is 2.75. The van der Waals surface area contributed by atoms with Gasteiger partial charge in [0.15, 0.2) is 0 Å². The van der Waals surface area contributed by atoms with E-state index in [1.54, 1.807) is 0 Å². The molecule has 232 valence electrons. The Hall–Kier alpha value is 1.49. The summed E-state index contributed by atoms with van der Waals surface area (Å²) in [6.07, 6.45) is 10.7. The standard InChI is InChI=1S/3C8H19O3P.2Fe/c3*1-3-5-6-8(4-2)7-12(9,10)11;;/h3*8H,3-7H2,1-2H3,(H2,9,10,11);;/q;;;2*+3/p-6. The molecule has 9 nitrogen and oxygen atoms in total. The molecule has 0 N–H and O–H groups in total. The van der Waals surface area contributed by atoms with Crippen LogP contribution < -0.4 is 29.4 Å². The zero-order chi connectivity index (χ0) is 28.8. The van der Waals surface area contributed by atoms with Gasteiger partial charge in [-0.15, -0.1) is 0 Å². The molecule has 3 atom stereocenters. The Morgan fingerprint density at radius 1 is 0.447 bits per heavy atom. The molecule has 0 saturated carbocycles. The van der Waals surface area contributed by atoms with Gasteiger partial charge < -0.3 is 43.1 Å². The summed E-state index contributed by atoms with van der Waals surface area (Å²) in [7, 11) is -12.8. The molecule has 14 heteroatoms. The van der Waals surface area contributed by atoms with Gasteiger partial charge in [0.25, 0.3) is 0 Å². The molecular formula is C24H51Fe2O9P3.